The topological polar surface area (TPSA) is 110 Å². The van der Waals surface area contributed by atoms with E-state index in [2.05, 4.69) is 9.98 Å². The summed E-state index contributed by atoms with van der Waals surface area (Å²) in [6, 6.07) is -1.06. The van der Waals surface area contributed by atoms with Crippen molar-refractivity contribution < 1.29 is 17.8 Å². The van der Waals surface area contributed by atoms with Crippen molar-refractivity contribution in [3.05, 3.63) is 12.2 Å². The van der Waals surface area contributed by atoms with E-state index in [1.54, 1.807) is 12.3 Å². The molecule has 3 N–H and O–H groups in total. The average molecular weight is 218 g/mol. The molecule has 0 aromatic heterocycles. The number of rotatable bonds is 1. The van der Waals surface area contributed by atoms with Gasteiger partial charge < -0.3 is 0 Å². The number of carbonyl (C=O) groups is 1. The quantitative estimate of drug-likeness (QED) is 0.371. The van der Waals surface area contributed by atoms with Crippen molar-refractivity contribution in [2.45, 2.75) is 6.42 Å². The van der Waals surface area contributed by atoms with Crippen LogP contribution in [0.25, 0.3) is 0 Å². The summed E-state index contributed by atoms with van der Waals surface area (Å²) >= 11 is 0. The van der Waals surface area contributed by atoms with E-state index in [1.807, 2.05) is 0 Å². The number of allylic oxidation sites excluding steroid dienone is 1. The molecule has 1 rings (SSSR count). The van der Waals surface area contributed by atoms with Crippen molar-refractivity contribution in [1.82, 2.24) is 14.7 Å². The Bertz CT molecular complexity index is 430. The first-order chi connectivity index (χ1) is 6.47. The van der Waals surface area contributed by atoms with Crippen LogP contribution in [0.1, 0.15) is 6.42 Å². The number of nitrogens with zero attached hydrogens (tertiary/aromatic N) is 1. The highest BCUT2D eigenvalue weighted by atomic mass is 32.2. The Morgan fingerprint density at radius 2 is 2.29 bits per heavy atom. The van der Waals surface area contributed by atoms with Crippen LogP contribution in [-0.4, -0.2) is 31.1 Å². The number of hydrogen-bond acceptors (Lipinski definition) is 3. The highest BCUT2D eigenvalue weighted by Gasteiger charge is 2.17. The van der Waals surface area contributed by atoms with Crippen LogP contribution in [0.5, 0.6) is 0 Å². The van der Waals surface area contributed by atoms with Crippen molar-refractivity contribution in [3.63, 3.8) is 0 Å². The molecule has 76 valence electrons. The molecule has 0 spiro atoms. The number of amides is 2. The second kappa shape index (κ2) is 4.05. The third-order valence-corrected chi connectivity index (χ3v) is 1.65. The molecule has 0 radical (unpaired) electrons. The molecule has 14 heavy (non-hydrogen) atoms. The normalized spacial score (nSPS) is 14.8. The third-order valence-electron chi connectivity index (χ3n) is 1.21. The first-order valence-electron chi connectivity index (χ1n) is 3.59. The van der Waals surface area contributed by atoms with Crippen molar-refractivity contribution in [2.75, 3.05) is 0 Å². The van der Waals surface area contributed by atoms with E-state index in [9.17, 15) is 13.2 Å². The van der Waals surface area contributed by atoms with Gasteiger partial charge in [0.2, 0.25) is 0 Å². The van der Waals surface area contributed by atoms with Gasteiger partial charge in [-0.2, -0.15) is 18.5 Å². The van der Waals surface area contributed by atoms with Gasteiger partial charge in [-0.05, 0) is 0 Å². The number of urea groups is 1. The van der Waals surface area contributed by atoms with Crippen LogP contribution < -0.4 is 14.7 Å². The summed E-state index contributed by atoms with van der Waals surface area (Å²) in [5, 5.41) is 2.12. The summed E-state index contributed by atoms with van der Waals surface area (Å²) in [5.74, 6) is 0.206. The average Bonchev–Trinajstić information content (AvgIpc) is 2.02. The highest BCUT2D eigenvalue weighted by molar-refractivity contribution is 7.84. The van der Waals surface area contributed by atoms with Gasteiger partial charge in [0.05, 0.1) is 0 Å². The number of amidine groups is 1. The fourth-order valence-corrected chi connectivity index (χ4v) is 1.05. The molecule has 0 aromatic carbocycles. The van der Waals surface area contributed by atoms with Crippen LogP contribution in [0.15, 0.2) is 12.2 Å². The molecule has 2 amide bonds. The van der Waals surface area contributed by atoms with Crippen molar-refractivity contribution in [1.29, 1.82) is 0 Å². The number of hydrogen-bond donors (Lipinski definition) is 3. The van der Waals surface area contributed by atoms with E-state index >= 15 is 0 Å². The molecule has 0 bridgehead atoms. The first-order valence-corrected chi connectivity index (χ1v) is 5.03. The fourth-order valence-electron chi connectivity index (χ4n) is 0.768. The van der Waals surface area contributed by atoms with Gasteiger partial charge in [0.1, 0.15) is 0 Å². The van der Waals surface area contributed by atoms with E-state index in [0.29, 0.717) is 6.42 Å². The zero-order valence-electron chi connectivity index (χ0n) is 6.97. The molecule has 1 heterocycles. The van der Waals surface area contributed by atoms with E-state index in [4.69, 9.17) is 4.55 Å². The van der Waals surface area contributed by atoms with E-state index in [1.165, 1.54) is 10.8 Å². The Labute approximate surface area is 80.1 Å². The molecular weight excluding hydrogens is 210 g/mol. The molecule has 8 heteroatoms. The lowest BCUT2D eigenvalue weighted by Gasteiger charge is -1.96. The minimum atomic E-state index is -4.53. The number of nitrogens with one attached hydrogen (secondary N) is 2. The van der Waals surface area contributed by atoms with Crippen LogP contribution in [0.4, 0.5) is 4.79 Å². The Morgan fingerprint density at radius 1 is 1.57 bits per heavy atom. The van der Waals surface area contributed by atoms with Gasteiger partial charge in [-0.3, -0.25) is 4.55 Å². The number of carbonyl (C=O) groups excluding carboxylic acids is 1. The summed E-state index contributed by atoms with van der Waals surface area (Å²) < 4.78 is 33.7. The largest absolute Gasteiger partial charge is 0.422 e. The Kier molecular flexibility index (Phi) is 3.03. The molecule has 0 unspecified atom stereocenters. The van der Waals surface area contributed by atoms with E-state index in [0.717, 1.165) is 0 Å². The monoisotopic (exact) mass is 218 g/mol. The maximum Gasteiger partial charge on any atom is 0.422 e. The fraction of sp³-hybridized carbons (Fsp3) is 0.167. The summed E-state index contributed by atoms with van der Waals surface area (Å²) in [6.45, 7) is 0. The molecule has 0 aromatic rings. The van der Waals surface area contributed by atoms with Crippen molar-refractivity contribution in [2.24, 2.45) is 0 Å². The van der Waals surface area contributed by atoms with Crippen LogP contribution in [-0.2, 0) is 10.3 Å². The molecule has 0 atom stereocenters. The van der Waals surface area contributed by atoms with E-state index in [-0.39, 0.29) is 5.84 Å². The second-order valence-corrected chi connectivity index (χ2v) is 3.52. The van der Waals surface area contributed by atoms with Crippen LogP contribution in [0, 0.1) is 0 Å². The summed E-state index contributed by atoms with van der Waals surface area (Å²) in [7, 11) is -4.53. The van der Waals surface area contributed by atoms with Gasteiger partial charge >= 0.3 is 22.2 Å². The van der Waals surface area contributed by atoms with Gasteiger partial charge in [0.25, 0.3) is 0 Å². The molecule has 0 saturated carbocycles. The summed E-state index contributed by atoms with van der Waals surface area (Å²) in [4.78, 5) is 10.8. The molecule has 0 fully saturated rings. The zero-order valence-corrected chi connectivity index (χ0v) is 7.78. The smallest absolute Gasteiger partial charge is 0.269 e. The second-order valence-electron chi connectivity index (χ2n) is 2.37. The molecule has 7 nitrogen and oxygen atoms in total. The van der Waals surface area contributed by atoms with Crippen LogP contribution >= 0.6 is 0 Å². The Balaban J connectivity index is 2.58. The maximum atomic E-state index is 10.8. The third kappa shape index (κ3) is 3.85. The lowest BCUT2D eigenvalue weighted by molar-refractivity contribution is 0.249. The van der Waals surface area contributed by atoms with Crippen LogP contribution in [0.2, 0.25) is 0 Å². The summed E-state index contributed by atoms with van der Waals surface area (Å²) in [6.07, 6.45) is 5.45. The lowest BCUT2D eigenvalue weighted by atomic mass is 10.3. The SMILES string of the molecule is O=C(NC1=[N+]=CCC=C1)NS(=O)(=O)O. The van der Waals surface area contributed by atoms with Gasteiger partial charge in [-0.25, -0.2) is 9.46 Å². The first kappa shape index (κ1) is 10.5. The molecule has 0 aliphatic carbocycles. The molecule has 1 aliphatic rings. The van der Waals surface area contributed by atoms with Gasteiger partial charge in [-0.1, -0.05) is 6.08 Å². The summed E-state index contributed by atoms with van der Waals surface area (Å²) in [5.41, 5.74) is 0. The Hall–Kier alpha value is -1.63. The predicted molar refractivity (Wildman–Crippen MR) is 50.2 cm³/mol. The van der Waals surface area contributed by atoms with Crippen LogP contribution in [0.3, 0.4) is 0 Å². The maximum absolute atomic E-state index is 10.8. The minimum Gasteiger partial charge on any atom is -0.269 e. The lowest BCUT2D eigenvalue weighted by Crippen LogP contribution is -2.42. The molecular formula is C6H8N3O4S+. The van der Waals surface area contributed by atoms with Gasteiger partial charge in [0.15, 0.2) is 6.21 Å². The van der Waals surface area contributed by atoms with Crippen molar-refractivity contribution >= 4 is 28.4 Å². The van der Waals surface area contributed by atoms with Crippen molar-refractivity contribution in [3.8, 4) is 0 Å². The standard InChI is InChI=1S/C6H7N3O4S/c10-6(9-14(11,12)13)8-5-3-1-2-4-7-5/h1,3-4H,2H2,(H2,9,10,11,12,13)/p+1. The van der Waals surface area contributed by atoms with E-state index < -0.39 is 16.3 Å². The van der Waals surface area contributed by atoms with Gasteiger partial charge in [0, 0.05) is 12.5 Å². The minimum absolute atomic E-state index is 0.206. The molecule has 0 saturated heterocycles. The predicted octanol–water partition coefficient (Wildman–Crippen LogP) is -1.42. The zero-order chi connectivity index (χ0) is 10.6. The Morgan fingerprint density at radius 3 is 2.79 bits per heavy atom. The highest BCUT2D eigenvalue weighted by Crippen LogP contribution is 1.82. The van der Waals surface area contributed by atoms with Gasteiger partial charge in [-0.15, -0.1) is 0 Å². The molecule has 1 aliphatic heterocycles.